The third-order valence-electron chi connectivity index (χ3n) is 6.79. The number of thioether (sulfide) groups is 3. The van der Waals surface area contributed by atoms with E-state index in [-0.39, 0.29) is 32.5 Å². The molecule has 1 fully saturated rings. The molecule has 16 nitrogen and oxygen atoms in total. The van der Waals surface area contributed by atoms with E-state index in [1.54, 1.807) is 36.4 Å². The van der Waals surface area contributed by atoms with Crippen molar-refractivity contribution in [1.82, 2.24) is 35.5 Å². The fourth-order valence-corrected chi connectivity index (χ4v) is 9.01. The number of H-pyrrole nitrogens is 1. The van der Waals surface area contributed by atoms with Crippen LogP contribution in [0.3, 0.4) is 0 Å². The number of β-lactam (4-membered cyclic amide) rings is 1. The predicted octanol–water partition coefficient (Wildman–Crippen LogP) is 1.08. The molecule has 2 aliphatic heterocycles. The first-order chi connectivity index (χ1) is 22.6. The molecule has 5 heterocycles. The maximum Gasteiger partial charge on any atom is 0.353 e. The van der Waals surface area contributed by atoms with Gasteiger partial charge in [-0.05, 0) is 11.6 Å². The number of nitrogen functional groups attached to an aromatic ring is 1. The number of halogens is 1. The molecule has 5 rings (SSSR count). The summed E-state index contributed by atoms with van der Waals surface area (Å²) in [6.45, 7) is 0.403. The number of amides is 3. The minimum absolute atomic E-state index is 0.0272. The summed E-state index contributed by atoms with van der Waals surface area (Å²) in [6, 6.07) is -0.00786. The van der Waals surface area contributed by atoms with Crippen LogP contribution in [0, 0.1) is 0 Å². The van der Waals surface area contributed by atoms with Crippen molar-refractivity contribution in [3.8, 4) is 0 Å². The van der Waals surface area contributed by atoms with Crippen molar-refractivity contribution in [3.05, 3.63) is 62.9 Å². The number of nitrogens with one attached hydrogen (secondary N) is 3. The lowest BCUT2D eigenvalue weighted by Gasteiger charge is -2.49. The normalized spacial score (nSPS) is 18.4. The fraction of sp³-hybridized carbons (Fsp3) is 0.308. The highest BCUT2D eigenvalue weighted by atomic mass is 35.5. The molecule has 248 valence electrons. The molecule has 47 heavy (non-hydrogen) atoms. The molecule has 0 aliphatic carbocycles. The van der Waals surface area contributed by atoms with Gasteiger partial charge in [0.2, 0.25) is 5.91 Å². The number of carboxylic acids is 1. The van der Waals surface area contributed by atoms with Gasteiger partial charge in [0.1, 0.15) is 27.1 Å². The minimum Gasteiger partial charge on any atom is -0.477 e. The van der Waals surface area contributed by atoms with Crippen LogP contribution in [0.15, 0.2) is 51.6 Å². The van der Waals surface area contributed by atoms with Gasteiger partial charge in [0.05, 0.1) is 12.4 Å². The molecule has 0 unspecified atom stereocenters. The van der Waals surface area contributed by atoms with Gasteiger partial charge in [-0.3, -0.25) is 24.3 Å². The van der Waals surface area contributed by atoms with Crippen molar-refractivity contribution in [2.75, 3.05) is 23.8 Å². The smallest absolute Gasteiger partial charge is 0.353 e. The second-order valence-electron chi connectivity index (χ2n) is 9.88. The first kappa shape index (κ1) is 34.5. The Balaban J connectivity index is 1.18. The number of carbonyl (C=O) groups excluding carboxylic acids is 3. The largest absolute Gasteiger partial charge is 0.477 e. The third-order valence-corrected chi connectivity index (χ3v) is 11.5. The molecule has 0 spiro atoms. The number of nitrogens with two attached hydrogens (primary N) is 2. The maximum atomic E-state index is 13.2. The number of anilines is 1. The zero-order chi connectivity index (χ0) is 33.7. The Morgan fingerprint density at radius 2 is 2.11 bits per heavy atom. The van der Waals surface area contributed by atoms with Crippen LogP contribution in [0.25, 0.3) is 0 Å². The summed E-state index contributed by atoms with van der Waals surface area (Å²) in [4.78, 5) is 68.1. The van der Waals surface area contributed by atoms with E-state index < -0.39 is 41.0 Å². The number of aliphatic carboxylic acids is 1. The summed E-state index contributed by atoms with van der Waals surface area (Å²) in [5.41, 5.74) is 12.4. The lowest BCUT2D eigenvalue weighted by molar-refractivity contribution is -0.150. The van der Waals surface area contributed by atoms with Crippen LogP contribution < -0.4 is 22.1 Å². The van der Waals surface area contributed by atoms with Crippen LogP contribution in [0.4, 0.5) is 5.13 Å². The summed E-state index contributed by atoms with van der Waals surface area (Å²) in [7, 11) is 0. The number of carbonyl (C=O) groups is 4. The van der Waals surface area contributed by atoms with Gasteiger partial charge >= 0.3 is 5.97 Å². The SMILES string of the molecule is Nc1nc(/C(=N/O)C(=O)N[C@@H]2C(=O)N3C(C(=O)O)=C(Sc4ccncc4CSCCNC(=O)[C@@H](N)Cc4cnc[nH]4)CS[C@H]23)c(Cl)s1. The molecule has 3 atom stereocenters. The highest BCUT2D eigenvalue weighted by Gasteiger charge is 2.54. The van der Waals surface area contributed by atoms with Crippen molar-refractivity contribution < 1.29 is 29.5 Å². The first-order valence-electron chi connectivity index (χ1n) is 13.6. The summed E-state index contributed by atoms with van der Waals surface area (Å²) in [5.74, 6) is -1.72. The fourth-order valence-electron chi connectivity index (χ4n) is 4.58. The standard InChI is InChI=1S/C26H27ClN10O6S4/c27-20-16(35-26(29)47-20)17(36-43)22(39)34-18-23(40)37-19(25(41)42)15(9-45-24(18)37)46-14-1-2-30-6-11(14)8-44-4-3-32-21(38)13(28)5-12-7-31-10-33-12/h1-2,6-7,10,13,18,24,43H,3-5,8-9,28H2,(H2,29,35)(H,31,33)(H,32,38)(H,34,39)(H,41,42)/b36-17-/t13-,18+,24+/m0/s1. The lowest BCUT2D eigenvalue weighted by atomic mass is 10.0. The van der Waals surface area contributed by atoms with E-state index >= 15 is 0 Å². The Kier molecular flexibility index (Phi) is 11.3. The van der Waals surface area contributed by atoms with Crippen LogP contribution in [0.5, 0.6) is 0 Å². The quantitative estimate of drug-likeness (QED) is 0.0402. The zero-order valence-corrected chi connectivity index (χ0v) is 28.1. The number of aromatic nitrogens is 4. The van der Waals surface area contributed by atoms with E-state index in [1.165, 1.54) is 29.9 Å². The molecule has 9 N–H and O–H groups in total. The highest BCUT2D eigenvalue weighted by molar-refractivity contribution is 8.06. The monoisotopic (exact) mass is 738 g/mol. The van der Waals surface area contributed by atoms with Crippen molar-refractivity contribution in [3.63, 3.8) is 0 Å². The third kappa shape index (κ3) is 7.84. The Hall–Kier alpha value is -3.82. The number of hydrogen-bond acceptors (Lipinski definition) is 15. The van der Waals surface area contributed by atoms with Gasteiger partial charge in [-0.25, -0.2) is 14.8 Å². The number of nitrogens with zero attached hydrogens (tertiary/aromatic N) is 5. The Labute approximate surface area is 288 Å². The summed E-state index contributed by atoms with van der Waals surface area (Å²) in [6.07, 6.45) is 6.78. The number of pyridine rings is 1. The minimum atomic E-state index is -1.29. The summed E-state index contributed by atoms with van der Waals surface area (Å²) < 4.78 is 0.0272. The van der Waals surface area contributed by atoms with Gasteiger partial charge in [0.15, 0.2) is 10.8 Å². The van der Waals surface area contributed by atoms with E-state index in [1.807, 2.05) is 0 Å². The second kappa shape index (κ2) is 15.4. The molecule has 3 aromatic heterocycles. The predicted molar refractivity (Wildman–Crippen MR) is 179 cm³/mol. The van der Waals surface area contributed by atoms with Crippen LogP contribution in [-0.4, -0.2) is 100 Å². The summed E-state index contributed by atoms with van der Waals surface area (Å²) in [5, 5.41) is 27.2. The van der Waals surface area contributed by atoms with Crippen molar-refractivity contribution in [2.24, 2.45) is 10.9 Å². The van der Waals surface area contributed by atoms with E-state index in [4.69, 9.17) is 23.1 Å². The van der Waals surface area contributed by atoms with E-state index in [0.29, 0.717) is 29.4 Å². The lowest BCUT2D eigenvalue weighted by Crippen LogP contribution is -2.71. The molecule has 2 aliphatic rings. The van der Waals surface area contributed by atoms with Crippen molar-refractivity contribution in [2.45, 2.75) is 34.5 Å². The molecule has 3 aromatic rings. The van der Waals surface area contributed by atoms with Gasteiger partial charge < -0.3 is 37.4 Å². The van der Waals surface area contributed by atoms with Crippen molar-refractivity contribution in [1.29, 1.82) is 0 Å². The molecule has 0 saturated carbocycles. The topological polar surface area (TPSA) is 255 Å². The molecule has 21 heteroatoms. The maximum absolute atomic E-state index is 13.2. The molecular formula is C26H27ClN10O6S4. The Bertz CT molecular complexity index is 1740. The molecule has 0 radical (unpaired) electrons. The van der Waals surface area contributed by atoms with Gasteiger partial charge in [-0.1, -0.05) is 39.9 Å². The summed E-state index contributed by atoms with van der Waals surface area (Å²) >= 11 is 11.0. The van der Waals surface area contributed by atoms with Gasteiger partial charge in [-0.2, -0.15) is 11.8 Å². The van der Waals surface area contributed by atoms with Crippen LogP contribution in [-0.2, 0) is 31.4 Å². The molecular weight excluding hydrogens is 712 g/mol. The number of aromatic amines is 1. The average Bonchev–Trinajstić information content (AvgIpc) is 3.68. The van der Waals surface area contributed by atoms with E-state index in [2.05, 4.69) is 35.7 Å². The van der Waals surface area contributed by atoms with Crippen LogP contribution in [0.1, 0.15) is 17.0 Å². The molecule has 0 aromatic carbocycles. The number of fused-ring (bicyclic) bond motifs is 1. The number of imidazole rings is 1. The molecule has 0 bridgehead atoms. The number of oxime groups is 1. The molecule has 1 saturated heterocycles. The zero-order valence-electron chi connectivity index (χ0n) is 24.1. The van der Waals surface area contributed by atoms with Crippen molar-refractivity contribution >= 4 is 92.8 Å². The van der Waals surface area contributed by atoms with Crippen LogP contribution >= 0.6 is 58.2 Å². The van der Waals surface area contributed by atoms with E-state index in [0.717, 1.165) is 32.4 Å². The number of rotatable bonds is 14. The van der Waals surface area contributed by atoms with Gasteiger partial charge in [0, 0.05) is 64.3 Å². The van der Waals surface area contributed by atoms with Gasteiger partial charge in [0.25, 0.3) is 11.8 Å². The van der Waals surface area contributed by atoms with E-state index in [9.17, 15) is 29.5 Å². The second-order valence-corrected chi connectivity index (χ2v) is 14.9. The van der Waals surface area contributed by atoms with Crippen LogP contribution in [0.2, 0.25) is 4.34 Å². The number of hydrogen-bond donors (Lipinski definition) is 7. The number of thiazole rings is 1. The first-order valence-corrected chi connectivity index (χ1v) is 17.9. The number of carboxylic acid groups (broad SMARTS) is 1. The Morgan fingerprint density at radius 3 is 2.79 bits per heavy atom. The Morgan fingerprint density at radius 1 is 1.30 bits per heavy atom. The average molecular weight is 739 g/mol. The molecule has 3 amide bonds. The highest BCUT2D eigenvalue weighted by Crippen LogP contribution is 2.46. The van der Waals surface area contributed by atoms with Gasteiger partial charge in [-0.15, -0.1) is 11.8 Å².